The Kier molecular flexibility index (Phi) is 4.58. The van der Waals surface area contributed by atoms with Crippen molar-refractivity contribution in [3.8, 4) is 0 Å². The number of carbonyl (C=O) groups excluding carboxylic acids is 1. The fourth-order valence-corrected chi connectivity index (χ4v) is 1.37. The Morgan fingerprint density at radius 3 is 2.28 bits per heavy atom. The molecule has 1 aromatic carbocycles. The van der Waals surface area contributed by atoms with Crippen LogP contribution in [0.4, 0.5) is 18.0 Å². The summed E-state index contributed by atoms with van der Waals surface area (Å²) in [7, 11) is 1.52. The zero-order chi connectivity index (χ0) is 13.8. The number of hydrogen-bond acceptors (Lipinski definition) is 2. The zero-order valence-corrected chi connectivity index (χ0v) is 10.1. The molecule has 0 aliphatic heterocycles. The molecule has 0 fully saturated rings. The normalized spacial score (nSPS) is 11.2. The highest BCUT2D eigenvalue weighted by molar-refractivity contribution is 5.67. The first-order valence-electron chi connectivity index (χ1n) is 5.38. The summed E-state index contributed by atoms with van der Waals surface area (Å²) in [6.45, 7) is 2.15. The van der Waals surface area contributed by atoms with Gasteiger partial charge < -0.3 is 9.64 Å². The molecular weight excluding hydrogens is 247 g/mol. The molecule has 0 aliphatic carbocycles. The molecule has 100 valence electrons. The number of nitrogens with zero attached hydrogens (tertiary/aromatic N) is 1. The Hall–Kier alpha value is -1.72. The quantitative estimate of drug-likeness (QED) is 0.835. The van der Waals surface area contributed by atoms with Gasteiger partial charge in [-0.15, -0.1) is 0 Å². The molecule has 3 nitrogen and oxygen atoms in total. The molecule has 1 amide bonds. The Labute approximate surface area is 103 Å². The second kappa shape index (κ2) is 5.75. The van der Waals surface area contributed by atoms with Crippen molar-refractivity contribution in [2.24, 2.45) is 0 Å². The Morgan fingerprint density at radius 1 is 1.28 bits per heavy atom. The molecule has 0 N–H and O–H groups in total. The monoisotopic (exact) mass is 261 g/mol. The lowest BCUT2D eigenvalue weighted by molar-refractivity contribution is -0.137. The molecule has 0 saturated carbocycles. The maximum Gasteiger partial charge on any atom is 0.416 e. The van der Waals surface area contributed by atoms with Crippen molar-refractivity contribution >= 4 is 6.09 Å². The van der Waals surface area contributed by atoms with Crippen LogP contribution in [0.15, 0.2) is 24.3 Å². The molecular formula is C12H14F3NO2. The number of hydrogen-bond donors (Lipinski definition) is 0. The van der Waals surface area contributed by atoms with Gasteiger partial charge in [0.05, 0.1) is 12.2 Å². The summed E-state index contributed by atoms with van der Waals surface area (Å²) < 4.78 is 41.7. The second-order valence-corrected chi connectivity index (χ2v) is 3.75. The summed E-state index contributed by atoms with van der Waals surface area (Å²) in [5.74, 6) is 0. The lowest BCUT2D eigenvalue weighted by Crippen LogP contribution is -2.26. The molecule has 0 atom stereocenters. The highest BCUT2D eigenvalue weighted by atomic mass is 19.4. The van der Waals surface area contributed by atoms with E-state index in [1.54, 1.807) is 6.92 Å². The topological polar surface area (TPSA) is 29.5 Å². The van der Waals surface area contributed by atoms with Crippen molar-refractivity contribution in [3.05, 3.63) is 35.4 Å². The van der Waals surface area contributed by atoms with Gasteiger partial charge in [0.15, 0.2) is 0 Å². The van der Waals surface area contributed by atoms with Crippen molar-refractivity contribution in [2.45, 2.75) is 19.6 Å². The molecule has 0 aliphatic rings. The average molecular weight is 261 g/mol. The van der Waals surface area contributed by atoms with Crippen molar-refractivity contribution < 1.29 is 22.7 Å². The van der Waals surface area contributed by atoms with Crippen LogP contribution in [0.3, 0.4) is 0 Å². The van der Waals surface area contributed by atoms with Crippen molar-refractivity contribution in [1.29, 1.82) is 0 Å². The van der Waals surface area contributed by atoms with Crippen molar-refractivity contribution in [3.63, 3.8) is 0 Å². The molecule has 1 rings (SSSR count). The summed E-state index contributed by atoms with van der Waals surface area (Å²) >= 11 is 0. The molecule has 0 aromatic heterocycles. The summed E-state index contributed by atoms with van der Waals surface area (Å²) in [6.07, 6.45) is -4.84. The van der Waals surface area contributed by atoms with Crippen LogP contribution in [0.25, 0.3) is 0 Å². The Balaban J connectivity index is 2.67. The van der Waals surface area contributed by atoms with Crippen LogP contribution in [0, 0.1) is 0 Å². The number of alkyl halides is 3. The molecule has 0 radical (unpaired) electrons. The third kappa shape index (κ3) is 3.94. The number of carbonyl (C=O) groups is 1. The number of halogens is 3. The fourth-order valence-electron chi connectivity index (χ4n) is 1.37. The Morgan fingerprint density at radius 2 is 1.83 bits per heavy atom. The van der Waals surface area contributed by atoms with Gasteiger partial charge in [-0.05, 0) is 24.6 Å². The predicted octanol–water partition coefficient (Wildman–Crippen LogP) is 3.29. The summed E-state index contributed by atoms with van der Waals surface area (Å²) in [5.41, 5.74) is -0.0939. The number of ether oxygens (including phenoxy) is 1. The first-order chi connectivity index (χ1) is 8.34. The first-order valence-corrected chi connectivity index (χ1v) is 5.38. The van der Waals surface area contributed by atoms with E-state index in [0.717, 1.165) is 12.1 Å². The van der Waals surface area contributed by atoms with E-state index >= 15 is 0 Å². The standard InChI is InChI=1S/C12H14F3NO2/c1-3-18-11(17)16(2)8-9-4-6-10(7-5-9)12(13,14)15/h4-7H,3,8H2,1-2H3. The average Bonchev–Trinajstić information content (AvgIpc) is 2.28. The van der Waals surface area contributed by atoms with Gasteiger partial charge in [-0.3, -0.25) is 0 Å². The van der Waals surface area contributed by atoms with E-state index in [1.165, 1.54) is 24.1 Å². The summed E-state index contributed by atoms with van der Waals surface area (Å²) in [5, 5.41) is 0. The molecule has 0 spiro atoms. The molecule has 18 heavy (non-hydrogen) atoms. The zero-order valence-electron chi connectivity index (χ0n) is 10.1. The minimum Gasteiger partial charge on any atom is -0.450 e. The molecule has 0 unspecified atom stereocenters. The second-order valence-electron chi connectivity index (χ2n) is 3.75. The van der Waals surface area contributed by atoms with Gasteiger partial charge in [0.2, 0.25) is 0 Å². The fraction of sp³-hybridized carbons (Fsp3) is 0.417. The van der Waals surface area contributed by atoms with E-state index in [-0.39, 0.29) is 13.2 Å². The lowest BCUT2D eigenvalue weighted by atomic mass is 10.1. The molecule has 0 heterocycles. The molecule has 0 saturated heterocycles. The maximum absolute atomic E-state index is 12.3. The van der Waals surface area contributed by atoms with Crippen LogP contribution < -0.4 is 0 Å². The minimum absolute atomic E-state index is 0.205. The third-order valence-corrected chi connectivity index (χ3v) is 2.28. The number of amides is 1. The summed E-state index contributed by atoms with van der Waals surface area (Å²) in [4.78, 5) is 12.6. The predicted molar refractivity (Wildman–Crippen MR) is 59.9 cm³/mol. The van der Waals surface area contributed by atoms with E-state index in [1.807, 2.05) is 0 Å². The van der Waals surface area contributed by atoms with Crippen LogP contribution in [0.2, 0.25) is 0 Å². The van der Waals surface area contributed by atoms with Crippen LogP contribution in [0.5, 0.6) is 0 Å². The van der Waals surface area contributed by atoms with E-state index in [0.29, 0.717) is 5.56 Å². The van der Waals surface area contributed by atoms with Crippen LogP contribution in [-0.4, -0.2) is 24.6 Å². The summed E-state index contributed by atoms with van der Waals surface area (Å²) in [6, 6.07) is 4.68. The van der Waals surface area contributed by atoms with Crippen LogP contribution in [0.1, 0.15) is 18.1 Å². The van der Waals surface area contributed by atoms with Crippen LogP contribution >= 0.6 is 0 Å². The van der Waals surface area contributed by atoms with Gasteiger partial charge in [0.25, 0.3) is 0 Å². The first kappa shape index (κ1) is 14.3. The largest absolute Gasteiger partial charge is 0.450 e. The third-order valence-electron chi connectivity index (χ3n) is 2.28. The van der Waals surface area contributed by atoms with Crippen molar-refractivity contribution in [1.82, 2.24) is 4.90 Å². The maximum atomic E-state index is 12.3. The molecule has 1 aromatic rings. The lowest BCUT2D eigenvalue weighted by Gasteiger charge is -2.16. The minimum atomic E-state index is -4.34. The molecule has 0 bridgehead atoms. The van der Waals surface area contributed by atoms with Gasteiger partial charge in [-0.2, -0.15) is 13.2 Å². The van der Waals surface area contributed by atoms with E-state index in [4.69, 9.17) is 4.74 Å². The van der Waals surface area contributed by atoms with E-state index in [9.17, 15) is 18.0 Å². The van der Waals surface area contributed by atoms with E-state index in [2.05, 4.69) is 0 Å². The Bertz CT molecular complexity index is 401. The highest BCUT2D eigenvalue weighted by Crippen LogP contribution is 2.29. The number of rotatable bonds is 3. The molecule has 6 heteroatoms. The van der Waals surface area contributed by atoms with Gasteiger partial charge in [0, 0.05) is 13.6 Å². The number of benzene rings is 1. The highest BCUT2D eigenvalue weighted by Gasteiger charge is 2.29. The van der Waals surface area contributed by atoms with Crippen molar-refractivity contribution in [2.75, 3.05) is 13.7 Å². The van der Waals surface area contributed by atoms with Gasteiger partial charge in [-0.25, -0.2) is 4.79 Å². The SMILES string of the molecule is CCOC(=O)N(C)Cc1ccc(C(F)(F)F)cc1. The van der Waals surface area contributed by atoms with Gasteiger partial charge in [0.1, 0.15) is 0 Å². The van der Waals surface area contributed by atoms with Gasteiger partial charge >= 0.3 is 12.3 Å². The van der Waals surface area contributed by atoms with Crippen LogP contribution in [-0.2, 0) is 17.5 Å². The van der Waals surface area contributed by atoms with Gasteiger partial charge in [-0.1, -0.05) is 12.1 Å². The van der Waals surface area contributed by atoms with E-state index < -0.39 is 17.8 Å². The smallest absolute Gasteiger partial charge is 0.416 e.